The fourth-order valence-electron chi connectivity index (χ4n) is 1.81. The van der Waals surface area contributed by atoms with Gasteiger partial charge in [-0.15, -0.1) is 0 Å². The van der Waals surface area contributed by atoms with Gasteiger partial charge in [0.05, 0.1) is 0 Å². The Balaban J connectivity index is 1.96. The van der Waals surface area contributed by atoms with Crippen LogP contribution in [0.15, 0.2) is 42.5 Å². The first-order chi connectivity index (χ1) is 9.56. The van der Waals surface area contributed by atoms with E-state index in [2.05, 4.69) is 5.32 Å². The minimum absolute atomic E-state index is 0.0430. The number of nitrogens with two attached hydrogens (primary N) is 1. The van der Waals surface area contributed by atoms with Gasteiger partial charge in [-0.05, 0) is 37.1 Å². The molecule has 0 unspecified atom stereocenters. The van der Waals surface area contributed by atoms with E-state index in [0.717, 1.165) is 16.8 Å². The van der Waals surface area contributed by atoms with Crippen molar-refractivity contribution in [3.05, 3.63) is 53.6 Å². The molecule has 20 heavy (non-hydrogen) atoms. The van der Waals surface area contributed by atoms with Crippen molar-refractivity contribution in [3.63, 3.8) is 0 Å². The summed E-state index contributed by atoms with van der Waals surface area (Å²) in [5.41, 5.74) is 9.07. The number of anilines is 2. The Labute approximate surface area is 118 Å². The van der Waals surface area contributed by atoms with Gasteiger partial charge in [-0.25, -0.2) is 0 Å². The molecular weight excluding hydrogens is 252 g/mol. The third-order valence-corrected chi connectivity index (χ3v) is 2.99. The van der Waals surface area contributed by atoms with Gasteiger partial charge in [0.2, 0.25) is 0 Å². The molecule has 4 heteroatoms. The van der Waals surface area contributed by atoms with Crippen molar-refractivity contribution in [3.8, 4) is 5.75 Å². The second-order valence-corrected chi connectivity index (χ2v) is 4.68. The lowest BCUT2D eigenvalue weighted by Gasteiger charge is -2.11. The van der Waals surface area contributed by atoms with E-state index in [1.807, 2.05) is 44.2 Å². The summed E-state index contributed by atoms with van der Waals surface area (Å²) in [6.07, 6.45) is 0. The summed E-state index contributed by atoms with van der Waals surface area (Å²) in [5.74, 6) is 0.436. The molecule has 0 saturated heterocycles. The zero-order chi connectivity index (χ0) is 14.5. The lowest BCUT2D eigenvalue weighted by molar-refractivity contribution is -0.118. The van der Waals surface area contributed by atoms with Crippen LogP contribution < -0.4 is 15.8 Å². The molecule has 3 N–H and O–H groups in total. The first kappa shape index (κ1) is 13.9. The minimum atomic E-state index is -0.193. The largest absolute Gasteiger partial charge is 0.483 e. The molecule has 0 saturated carbocycles. The highest BCUT2D eigenvalue weighted by Crippen LogP contribution is 2.20. The summed E-state index contributed by atoms with van der Waals surface area (Å²) in [7, 11) is 0. The van der Waals surface area contributed by atoms with Crippen LogP contribution in [0.1, 0.15) is 11.1 Å². The Kier molecular flexibility index (Phi) is 4.25. The standard InChI is InChI=1S/C16H18N2O2/c1-11-5-3-4-6-14(11)18-16(19)10-20-15-9-13(17)8-7-12(15)2/h3-9H,10,17H2,1-2H3,(H,18,19). The SMILES string of the molecule is Cc1ccccc1NC(=O)COc1cc(N)ccc1C. The number of hydrogen-bond acceptors (Lipinski definition) is 3. The topological polar surface area (TPSA) is 64.3 Å². The molecule has 0 aliphatic rings. The molecule has 0 aliphatic carbocycles. The maximum Gasteiger partial charge on any atom is 0.262 e. The summed E-state index contributed by atoms with van der Waals surface area (Å²) in [4.78, 5) is 11.9. The zero-order valence-corrected chi connectivity index (χ0v) is 11.6. The van der Waals surface area contributed by atoms with Crippen LogP contribution in [0, 0.1) is 13.8 Å². The Bertz CT molecular complexity index is 624. The van der Waals surface area contributed by atoms with E-state index >= 15 is 0 Å². The molecule has 0 fully saturated rings. The molecule has 104 valence electrons. The van der Waals surface area contributed by atoms with Crippen molar-refractivity contribution < 1.29 is 9.53 Å². The number of ether oxygens (including phenoxy) is 1. The van der Waals surface area contributed by atoms with Gasteiger partial charge in [-0.1, -0.05) is 24.3 Å². The molecule has 1 amide bonds. The highest BCUT2D eigenvalue weighted by atomic mass is 16.5. The average Bonchev–Trinajstić information content (AvgIpc) is 2.42. The molecule has 4 nitrogen and oxygen atoms in total. The van der Waals surface area contributed by atoms with Crippen molar-refractivity contribution in [2.45, 2.75) is 13.8 Å². The lowest BCUT2D eigenvalue weighted by Crippen LogP contribution is -2.20. The molecule has 0 spiro atoms. The fraction of sp³-hybridized carbons (Fsp3) is 0.188. The highest BCUT2D eigenvalue weighted by Gasteiger charge is 2.07. The van der Waals surface area contributed by atoms with E-state index in [1.165, 1.54) is 0 Å². The quantitative estimate of drug-likeness (QED) is 0.840. The van der Waals surface area contributed by atoms with E-state index < -0.39 is 0 Å². The number of hydrogen-bond donors (Lipinski definition) is 2. The first-order valence-corrected chi connectivity index (χ1v) is 6.40. The van der Waals surface area contributed by atoms with Crippen LogP contribution >= 0.6 is 0 Å². The van der Waals surface area contributed by atoms with Gasteiger partial charge in [-0.2, -0.15) is 0 Å². The smallest absolute Gasteiger partial charge is 0.262 e. The zero-order valence-electron chi connectivity index (χ0n) is 11.6. The van der Waals surface area contributed by atoms with E-state index in [-0.39, 0.29) is 12.5 Å². The Morgan fingerprint density at radius 3 is 2.65 bits per heavy atom. The second kappa shape index (κ2) is 6.10. The van der Waals surface area contributed by atoms with E-state index in [4.69, 9.17) is 10.5 Å². The van der Waals surface area contributed by atoms with Crippen molar-refractivity contribution >= 4 is 17.3 Å². The van der Waals surface area contributed by atoms with E-state index in [1.54, 1.807) is 12.1 Å². The molecule has 2 aromatic carbocycles. The highest BCUT2D eigenvalue weighted by molar-refractivity contribution is 5.92. The number of rotatable bonds is 4. The number of nitrogens with one attached hydrogen (secondary N) is 1. The lowest BCUT2D eigenvalue weighted by atomic mass is 10.2. The van der Waals surface area contributed by atoms with Gasteiger partial charge in [0, 0.05) is 17.4 Å². The molecule has 0 aliphatic heterocycles. The van der Waals surface area contributed by atoms with Crippen molar-refractivity contribution in [2.75, 3.05) is 17.7 Å². The number of benzene rings is 2. The minimum Gasteiger partial charge on any atom is -0.483 e. The van der Waals surface area contributed by atoms with Crippen LogP contribution in [0.25, 0.3) is 0 Å². The summed E-state index contributed by atoms with van der Waals surface area (Å²) in [5, 5.41) is 2.82. The van der Waals surface area contributed by atoms with Crippen molar-refractivity contribution in [1.29, 1.82) is 0 Å². The molecule has 0 bridgehead atoms. The average molecular weight is 270 g/mol. The van der Waals surface area contributed by atoms with Gasteiger partial charge in [-0.3, -0.25) is 4.79 Å². The van der Waals surface area contributed by atoms with Gasteiger partial charge in [0.15, 0.2) is 6.61 Å². The van der Waals surface area contributed by atoms with Crippen molar-refractivity contribution in [2.24, 2.45) is 0 Å². The molecular formula is C16H18N2O2. The molecule has 0 atom stereocenters. The van der Waals surface area contributed by atoms with Gasteiger partial charge >= 0.3 is 0 Å². The second-order valence-electron chi connectivity index (χ2n) is 4.68. The summed E-state index contributed by atoms with van der Waals surface area (Å²) in [6.45, 7) is 3.81. The van der Waals surface area contributed by atoms with Crippen LogP contribution in [0.4, 0.5) is 11.4 Å². The number of carbonyl (C=O) groups excluding carboxylic acids is 1. The van der Waals surface area contributed by atoms with Crippen molar-refractivity contribution in [1.82, 2.24) is 0 Å². The fourth-order valence-corrected chi connectivity index (χ4v) is 1.81. The number of carbonyl (C=O) groups is 1. The summed E-state index contributed by atoms with van der Waals surface area (Å²) < 4.78 is 5.50. The number of para-hydroxylation sites is 1. The number of nitrogen functional groups attached to an aromatic ring is 1. The molecule has 2 rings (SSSR count). The van der Waals surface area contributed by atoms with Crippen LogP contribution in [0.5, 0.6) is 5.75 Å². The van der Waals surface area contributed by atoms with Gasteiger partial charge in [0.1, 0.15) is 5.75 Å². The maximum absolute atomic E-state index is 11.9. The first-order valence-electron chi connectivity index (χ1n) is 6.40. The van der Waals surface area contributed by atoms with Crippen LogP contribution in [0.3, 0.4) is 0 Å². The maximum atomic E-state index is 11.9. The Morgan fingerprint density at radius 1 is 1.15 bits per heavy atom. The van der Waals surface area contributed by atoms with Gasteiger partial charge in [0.25, 0.3) is 5.91 Å². The van der Waals surface area contributed by atoms with Gasteiger partial charge < -0.3 is 15.8 Å². The van der Waals surface area contributed by atoms with Crippen LogP contribution in [0.2, 0.25) is 0 Å². The molecule has 2 aromatic rings. The van der Waals surface area contributed by atoms with E-state index in [9.17, 15) is 4.79 Å². The normalized spacial score (nSPS) is 10.1. The summed E-state index contributed by atoms with van der Waals surface area (Å²) in [6, 6.07) is 13.0. The number of amides is 1. The monoisotopic (exact) mass is 270 g/mol. The predicted octanol–water partition coefficient (Wildman–Crippen LogP) is 2.90. The molecule has 0 radical (unpaired) electrons. The molecule has 0 heterocycles. The Morgan fingerprint density at radius 2 is 1.90 bits per heavy atom. The predicted molar refractivity (Wildman–Crippen MR) is 80.9 cm³/mol. The van der Waals surface area contributed by atoms with Crippen LogP contribution in [-0.4, -0.2) is 12.5 Å². The van der Waals surface area contributed by atoms with E-state index in [0.29, 0.717) is 11.4 Å². The molecule has 0 aromatic heterocycles. The summed E-state index contributed by atoms with van der Waals surface area (Å²) >= 11 is 0. The third kappa shape index (κ3) is 3.51. The number of aryl methyl sites for hydroxylation is 2. The van der Waals surface area contributed by atoms with Crippen LogP contribution in [-0.2, 0) is 4.79 Å². The third-order valence-electron chi connectivity index (χ3n) is 2.99. The Hall–Kier alpha value is -2.49.